The first-order chi connectivity index (χ1) is 6.72. The smallest absolute Gasteiger partial charge is 0.331 e. The van der Waals surface area contributed by atoms with Crippen LogP contribution in [0.15, 0.2) is 36.5 Å². The third-order valence-corrected chi connectivity index (χ3v) is 1.73. The number of methoxy groups -OCH3 is 1. The van der Waals surface area contributed by atoms with Crippen LogP contribution in [0.2, 0.25) is 5.02 Å². The average Bonchev–Trinajstić information content (AvgIpc) is 2.17. The van der Waals surface area contributed by atoms with Crippen LogP contribution in [0.25, 0.3) is 0 Å². The van der Waals surface area contributed by atoms with Crippen LogP contribution >= 0.6 is 11.6 Å². The normalized spacial score (nSPS) is 10.1. The van der Waals surface area contributed by atoms with Crippen LogP contribution in [0.1, 0.15) is 0 Å². The molecule has 0 bridgehead atoms. The van der Waals surface area contributed by atoms with Crippen LogP contribution < -0.4 is 5.32 Å². The van der Waals surface area contributed by atoms with Gasteiger partial charge in [0, 0.05) is 23.0 Å². The van der Waals surface area contributed by atoms with Gasteiger partial charge in [0.05, 0.1) is 7.11 Å². The predicted octanol–water partition coefficient (Wildman–Crippen LogP) is 2.44. The zero-order chi connectivity index (χ0) is 10.4. The van der Waals surface area contributed by atoms with Gasteiger partial charge >= 0.3 is 5.97 Å². The average molecular weight is 212 g/mol. The monoisotopic (exact) mass is 211 g/mol. The summed E-state index contributed by atoms with van der Waals surface area (Å²) >= 11 is 5.76. The summed E-state index contributed by atoms with van der Waals surface area (Å²) in [6.07, 6.45) is 2.79. The zero-order valence-electron chi connectivity index (χ0n) is 7.66. The molecule has 3 nitrogen and oxygen atoms in total. The largest absolute Gasteiger partial charge is 0.466 e. The molecular formula is C10H10ClNO2. The molecule has 0 amide bonds. The van der Waals surface area contributed by atoms with Crippen molar-refractivity contribution in [2.24, 2.45) is 0 Å². The van der Waals surface area contributed by atoms with Gasteiger partial charge in [-0.1, -0.05) is 17.7 Å². The molecule has 0 saturated heterocycles. The number of carbonyl (C=O) groups excluding carboxylic acids is 1. The molecule has 0 fully saturated rings. The molecule has 0 spiro atoms. The first-order valence-electron chi connectivity index (χ1n) is 3.99. The van der Waals surface area contributed by atoms with E-state index in [2.05, 4.69) is 10.1 Å². The van der Waals surface area contributed by atoms with Crippen LogP contribution in [0.3, 0.4) is 0 Å². The molecule has 1 rings (SSSR count). The maximum Gasteiger partial charge on any atom is 0.331 e. The van der Waals surface area contributed by atoms with Crippen LogP contribution in [-0.4, -0.2) is 13.1 Å². The van der Waals surface area contributed by atoms with E-state index < -0.39 is 5.97 Å². The summed E-state index contributed by atoms with van der Waals surface area (Å²) in [4.78, 5) is 10.7. The van der Waals surface area contributed by atoms with E-state index in [9.17, 15) is 4.79 Å². The maximum atomic E-state index is 10.7. The zero-order valence-corrected chi connectivity index (χ0v) is 8.41. The van der Waals surface area contributed by atoms with E-state index in [1.807, 2.05) is 12.1 Å². The Bertz CT molecular complexity index is 350. The SMILES string of the molecule is COC(=O)C=CNc1cccc(Cl)c1. The number of benzene rings is 1. The molecule has 0 unspecified atom stereocenters. The molecule has 0 aliphatic carbocycles. The highest BCUT2D eigenvalue weighted by Gasteiger charge is 1.91. The quantitative estimate of drug-likeness (QED) is 0.617. The van der Waals surface area contributed by atoms with Crippen molar-refractivity contribution in [2.45, 2.75) is 0 Å². The van der Waals surface area contributed by atoms with E-state index in [1.165, 1.54) is 19.4 Å². The van der Waals surface area contributed by atoms with Crippen molar-refractivity contribution < 1.29 is 9.53 Å². The molecule has 0 saturated carbocycles. The van der Waals surface area contributed by atoms with Crippen LogP contribution in [0.5, 0.6) is 0 Å². The summed E-state index contributed by atoms with van der Waals surface area (Å²) in [6.45, 7) is 0. The Morgan fingerprint density at radius 2 is 2.36 bits per heavy atom. The summed E-state index contributed by atoms with van der Waals surface area (Å²) < 4.78 is 4.42. The topological polar surface area (TPSA) is 38.3 Å². The first kappa shape index (κ1) is 10.6. The number of rotatable bonds is 3. The van der Waals surface area contributed by atoms with E-state index >= 15 is 0 Å². The van der Waals surface area contributed by atoms with Crippen LogP contribution in [-0.2, 0) is 9.53 Å². The highest BCUT2D eigenvalue weighted by molar-refractivity contribution is 6.30. The third kappa shape index (κ3) is 3.49. The van der Waals surface area contributed by atoms with Crippen LogP contribution in [0, 0.1) is 0 Å². The van der Waals surface area contributed by atoms with E-state index in [4.69, 9.17) is 11.6 Å². The van der Waals surface area contributed by atoms with Crippen molar-refractivity contribution in [3.8, 4) is 0 Å². The highest BCUT2D eigenvalue weighted by atomic mass is 35.5. The summed E-state index contributed by atoms with van der Waals surface area (Å²) in [5.41, 5.74) is 0.817. The molecule has 0 aliphatic rings. The van der Waals surface area contributed by atoms with Crippen molar-refractivity contribution in [2.75, 3.05) is 12.4 Å². The molecule has 0 atom stereocenters. The Hall–Kier alpha value is -1.48. The van der Waals surface area contributed by atoms with Crippen LogP contribution in [0.4, 0.5) is 5.69 Å². The number of nitrogens with one attached hydrogen (secondary N) is 1. The number of esters is 1. The number of hydrogen-bond acceptors (Lipinski definition) is 3. The summed E-state index contributed by atoms with van der Waals surface area (Å²) in [7, 11) is 1.33. The molecule has 1 aromatic rings. The van der Waals surface area contributed by atoms with Gasteiger partial charge in [-0.15, -0.1) is 0 Å². The fraction of sp³-hybridized carbons (Fsp3) is 0.100. The van der Waals surface area contributed by atoms with Crippen molar-refractivity contribution >= 4 is 23.3 Å². The van der Waals surface area contributed by atoms with Gasteiger partial charge < -0.3 is 10.1 Å². The lowest BCUT2D eigenvalue weighted by Gasteiger charge is -1.99. The van der Waals surface area contributed by atoms with Gasteiger partial charge in [0.1, 0.15) is 0 Å². The van der Waals surface area contributed by atoms with Gasteiger partial charge in [0.15, 0.2) is 0 Å². The lowest BCUT2D eigenvalue weighted by Crippen LogP contribution is -1.96. The van der Waals surface area contributed by atoms with Gasteiger partial charge in [-0.25, -0.2) is 4.79 Å². The standard InChI is InChI=1S/C10H10ClNO2/c1-14-10(13)5-6-12-9-4-2-3-8(11)7-9/h2-7,12H,1H3. The van der Waals surface area contributed by atoms with Crippen molar-refractivity contribution in [1.29, 1.82) is 0 Å². The first-order valence-corrected chi connectivity index (χ1v) is 4.37. The second-order valence-electron chi connectivity index (χ2n) is 2.51. The Morgan fingerprint density at radius 3 is 3.00 bits per heavy atom. The van der Waals surface area contributed by atoms with E-state index in [0.717, 1.165) is 5.69 Å². The van der Waals surface area contributed by atoms with Gasteiger partial charge in [-0.2, -0.15) is 0 Å². The van der Waals surface area contributed by atoms with Crippen molar-refractivity contribution in [3.63, 3.8) is 0 Å². The third-order valence-electron chi connectivity index (χ3n) is 1.50. The molecule has 74 valence electrons. The predicted molar refractivity (Wildman–Crippen MR) is 56.2 cm³/mol. The molecule has 0 radical (unpaired) electrons. The molecular weight excluding hydrogens is 202 g/mol. The lowest BCUT2D eigenvalue weighted by atomic mass is 10.3. The molecule has 0 heterocycles. The number of hydrogen-bond donors (Lipinski definition) is 1. The van der Waals surface area contributed by atoms with E-state index in [-0.39, 0.29) is 0 Å². The molecule has 1 aromatic carbocycles. The van der Waals surface area contributed by atoms with Gasteiger partial charge in [-0.3, -0.25) is 0 Å². The van der Waals surface area contributed by atoms with Gasteiger partial charge in [-0.05, 0) is 18.2 Å². The second-order valence-corrected chi connectivity index (χ2v) is 2.95. The Balaban J connectivity index is 2.53. The Labute approximate surface area is 87.3 Å². The lowest BCUT2D eigenvalue weighted by molar-refractivity contribution is -0.134. The number of anilines is 1. The minimum absolute atomic E-state index is 0.403. The maximum absolute atomic E-state index is 10.7. The fourth-order valence-electron chi connectivity index (χ4n) is 0.852. The van der Waals surface area contributed by atoms with Crippen molar-refractivity contribution in [1.82, 2.24) is 0 Å². The minimum atomic E-state index is -0.403. The fourth-order valence-corrected chi connectivity index (χ4v) is 1.04. The molecule has 0 aromatic heterocycles. The summed E-state index contributed by atoms with van der Waals surface area (Å²) in [5, 5.41) is 3.53. The number of halogens is 1. The summed E-state index contributed by atoms with van der Waals surface area (Å²) in [5.74, 6) is -0.403. The highest BCUT2D eigenvalue weighted by Crippen LogP contribution is 2.14. The van der Waals surface area contributed by atoms with Gasteiger partial charge in [0.25, 0.3) is 0 Å². The van der Waals surface area contributed by atoms with E-state index in [0.29, 0.717) is 5.02 Å². The Morgan fingerprint density at radius 1 is 1.57 bits per heavy atom. The molecule has 14 heavy (non-hydrogen) atoms. The molecule has 4 heteroatoms. The second kappa shape index (κ2) is 5.29. The van der Waals surface area contributed by atoms with Gasteiger partial charge in [0.2, 0.25) is 0 Å². The van der Waals surface area contributed by atoms with Crippen molar-refractivity contribution in [3.05, 3.63) is 41.6 Å². The van der Waals surface area contributed by atoms with E-state index in [1.54, 1.807) is 12.1 Å². The number of ether oxygens (including phenoxy) is 1. The number of carbonyl (C=O) groups is 1. The summed E-state index contributed by atoms with van der Waals surface area (Å²) in [6, 6.07) is 7.18. The minimum Gasteiger partial charge on any atom is -0.466 e. The molecule has 0 aliphatic heterocycles. The molecule has 1 N–H and O–H groups in total. The Kier molecular flexibility index (Phi) is 4.01.